The lowest BCUT2D eigenvalue weighted by Crippen LogP contribution is -2.06. The van der Waals surface area contributed by atoms with E-state index in [4.69, 9.17) is 5.73 Å². The van der Waals surface area contributed by atoms with Gasteiger partial charge in [-0.2, -0.15) is 0 Å². The molecule has 0 fully saturated rings. The van der Waals surface area contributed by atoms with Gasteiger partial charge in [-0.25, -0.2) is 0 Å². The van der Waals surface area contributed by atoms with Crippen molar-refractivity contribution in [2.45, 2.75) is 13.3 Å². The zero-order valence-electron chi connectivity index (χ0n) is 19.0. The summed E-state index contributed by atoms with van der Waals surface area (Å²) < 4.78 is 5.03. The maximum Gasteiger partial charge on any atom is 0.0540 e. The first-order valence-electron chi connectivity index (χ1n) is 11.8. The summed E-state index contributed by atoms with van der Waals surface area (Å²) in [5.74, 6) is 0.559. The first-order valence-corrected chi connectivity index (χ1v) is 12.6. The third-order valence-electron chi connectivity index (χ3n) is 7.08. The quantitative estimate of drug-likeness (QED) is 0.260. The van der Waals surface area contributed by atoms with Crippen molar-refractivity contribution in [3.8, 4) is 16.8 Å². The Morgan fingerprint density at radius 1 is 0.824 bits per heavy atom. The molecule has 2 N–H and O–H groups in total. The number of benzene rings is 4. The van der Waals surface area contributed by atoms with Gasteiger partial charge >= 0.3 is 0 Å². The van der Waals surface area contributed by atoms with Crippen molar-refractivity contribution in [1.82, 2.24) is 4.57 Å². The molecular formula is C31H24N2S. The van der Waals surface area contributed by atoms with Gasteiger partial charge in [0.1, 0.15) is 0 Å². The standard InChI is InChI=1S/C31H24N2S/c1-19-10-13-29-24(16-19)23-7-3-5-9-28(23)33(29)27-8-4-2-6-22(27)20-11-14-30-25(17-20)26-18-21(32)12-15-31(26)34-30/h2-15,17-19H,16,32H2,1H3. The van der Waals surface area contributed by atoms with Crippen LogP contribution >= 0.6 is 11.3 Å². The number of nitrogen functional groups attached to an aromatic ring is 1. The van der Waals surface area contributed by atoms with E-state index in [1.54, 1.807) is 0 Å². The van der Waals surface area contributed by atoms with E-state index in [1.807, 2.05) is 17.4 Å². The van der Waals surface area contributed by atoms with Gasteiger partial charge in [0.05, 0.1) is 11.2 Å². The van der Waals surface area contributed by atoms with E-state index in [0.29, 0.717) is 5.92 Å². The first kappa shape index (κ1) is 19.6. The Bertz CT molecular complexity index is 1770. The van der Waals surface area contributed by atoms with Crippen LogP contribution < -0.4 is 5.73 Å². The second-order valence-electron chi connectivity index (χ2n) is 9.34. The van der Waals surface area contributed by atoms with Crippen LogP contribution in [0.3, 0.4) is 0 Å². The minimum Gasteiger partial charge on any atom is -0.399 e. The Morgan fingerprint density at radius 2 is 1.59 bits per heavy atom. The molecule has 0 saturated heterocycles. The minimum atomic E-state index is 0.559. The van der Waals surface area contributed by atoms with Gasteiger partial charge in [-0.15, -0.1) is 11.3 Å². The molecule has 0 aliphatic heterocycles. The molecular weight excluding hydrogens is 432 g/mol. The normalized spacial score (nSPS) is 15.4. The Balaban J connectivity index is 1.50. The van der Waals surface area contributed by atoms with Crippen molar-refractivity contribution < 1.29 is 0 Å². The largest absolute Gasteiger partial charge is 0.399 e. The Hall–Kier alpha value is -3.82. The number of para-hydroxylation sites is 2. The highest BCUT2D eigenvalue weighted by Crippen LogP contribution is 2.41. The molecule has 2 aromatic heterocycles. The average Bonchev–Trinajstić information content (AvgIpc) is 3.38. The molecule has 2 heterocycles. The van der Waals surface area contributed by atoms with Crippen LogP contribution in [0.2, 0.25) is 0 Å². The van der Waals surface area contributed by atoms with Crippen LogP contribution in [-0.2, 0) is 6.42 Å². The summed E-state index contributed by atoms with van der Waals surface area (Å²) in [5.41, 5.74) is 14.7. The van der Waals surface area contributed by atoms with Crippen LogP contribution in [0.5, 0.6) is 0 Å². The smallest absolute Gasteiger partial charge is 0.0540 e. The number of rotatable bonds is 2. The van der Waals surface area contributed by atoms with Crippen LogP contribution in [0.1, 0.15) is 18.2 Å². The van der Waals surface area contributed by atoms with Crippen molar-refractivity contribution in [3.63, 3.8) is 0 Å². The summed E-state index contributed by atoms with van der Waals surface area (Å²) in [6, 6.07) is 30.7. The minimum absolute atomic E-state index is 0.559. The molecule has 0 saturated carbocycles. The lowest BCUT2D eigenvalue weighted by Gasteiger charge is -2.18. The summed E-state index contributed by atoms with van der Waals surface area (Å²) in [6.07, 6.45) is 5.74. The van der Waals surface area contributed by atoms with E-state index in [0.717, 1.165) is 12.1 Å². The van der Waals surface area contributed by atoms with Crippen molar-refractivity contribution in [2.24, 2.45) is 5.92 Å². The zero-order valence-corrected chi connectivity index (χ0v) is 19.8. The fourth-order valence-corrected chi connectivity index (χ4v) is 6.56. The molecule has 164 valence electrons. The van der Waals surface area contributed by atoms with Gasteiger partial charge in [-0.1, -0.05) is 55.5 Å². The SMILES string of the molecule is CC1C=Cc2c(c3ccccc3n2-c2ccccc2-c2ccc3sc4ccc(N)cc4c3c2)C1. The number of anilines is 1. The molecule has 1 aliphatic rings. The van der Waals surface area contributed by atoms with Crippen molar-refractivity contribution in [2.75, 3.05) is 5.73 Å². The fraction of sp³-hybridized carbons (Fsp3) is 0.0968. The highest BCUT2D eigenvalue weighted by molar-refractivity contribution is 7.25. The maximum absolute atomic E-state index is 6.13. The molecule has 7 rings (SSSR count). The van der Waals surface area contributed by atoms with Crippen molar-refractivity contribution in [1.29, 1.82) is 0 Å². The molecule has 4 aromatic carbocycles. The third-order valence-corrected chi connectivity index (χ3v) is 8.23. The molecule has 34 heavy (non-hydrogen) atoms. The highest BCUT2D eigenvalue weighted by Gasteiger charge is 2.22. The monoisotopic (exact) mass is 456 g/mol. The molecule has 0 radical (unpaired) electrons. The highest BCUT2D eigenvalue weighted by atomic mass is 32.1. The summed E-state index contributed by atoms with van der Waals surface area (Å²) in [6.45, 7) is 2.30. The Labute approximate surface area is 202 Å². The van der Waals surface area contributed by atoms with E-state index in [-0.39, 0.29) is 0 Å². The van der Waals surface area contributed by atoms with Crippen LogP contribution in [0, 0.1) is 5.92 Å². The lowest BCUT2D eigenvalue weighted by molar-refractivity contribution is 0.718. The van der Waals surface area contributed by atoms with E-state index in [2.05, 4.69) is 103 Å². The average molecular weight is 457 g/mol. The number of allylic oxidation sites excluding steroid dienone is 1. The number of hydrogen-bond acceptors (Lipinski definition) is 2. The fourth-order valence-electron chi connectivity index (χ4n) is 5.50. The number of fused-ring (bicyclic) bond motifs is 6. The van der Waals surface area contributed by atoms with E-state index in [1.165, 1.54) is 59.1 Å². The van der Waals surface area contributed by atoms with E-state index < -0.39 is 0 Å². The molecule has 0 amide bonds. The summed E-state index contributed by atoms with van der Waals surface area (Å²) >= 11 is 1.83. The van der Waals surface area contributed by atoms with Crippen molar-refractivity contribution in [3.05, 3.63) is 102 Å². The van der Waals surface area contributed by atoms with E-state index in [9.17, 15) is 0 Å². The van der Waals surface area contributed by atoms with Gasteiger partial charge in [-0.05, 0) is 72.0 Å². The topological polar surface area (TPSA) is 30.9 Å². The molecule has 3 heteroatoms. The summed E-state index contributed by atoms with van der Waals surface area (Å²) in [4.78, 5) is 0. The molecule has 0 bridgehead atoms. The first-order chi connectivity index (χ1) is 16.7. The molecule has 1 unspecified atom stereocenters. The van der Waals surface area contributed by atoms with Crippen LogP contribution in [0.15, 0.2) is 91.0 Å². The number of hydrogen-bond donors (Lipinski definition) is 1. The van der Waals surface area contributed by atoms with Gasteiger partial charge in [0, 0.05) is 42.5 Å². The van der Waals surface area contributed by atoms with Crippen molar-refractivity contribution >= 4 is 54.2 Å². The second kappa shape index (κ2) is 7.34. The maximum atomic E-state index is 6.13. The predicted octanol–water partition coefficient (Wildman–Crippen LogP) is 8.45. The molecule has 2 nitrogen and oxygen atoms in total. The Morgan fingerprint density at radius 3 is 2.50 bits per heavy atom. The molecule has 1 aliphatic carbocycles. The van der Waals surface area contributed by atoms with Gasteiger partial charge in [0.2, 0.25) is 0 Å². The zero-order chi connectivity index (χ0) is 22.8. The second-order valence-corrected chi connectivity index (χ2v) is 10.4. The molecule has 1 atom stereocenters. The summed E-state index contributed by atoms with van der Waals surface area (Å²) in [7, 11) is 0. The Kier molecular flexibility index (Phi) is 4.24. The van der Waals surface area contributed by atoms with Gasteiger partial charge < -0.3 is 10.3 Å². The molecule has 0 spiro atoms. The number of nitrogens with two attached hydrogens (primary N) is 1. The third kappa shape index (κ3) is 2.87. The van der Waals surface area contributed by atoms with Gasteiger partial charge in [0.15, 0.2) is 0 Å². The van der Waals surface area contributed by atoms with Crippen LogP contribution in [0.4, 0.5) is 5.69 Å². The predicted molar refractivity (Wildman–Crippen MR) is 148 cm³/mol. The van der Waals surface area contributed by atoms with Crippen LogP contribution in [0.25, 0.3) is 54.0 Å². The summed E-state index contributed by atoms with van der Waals surface area (Å²) in [5, 5.41) is 3.87. The van der Waals surface area contributed by atoms with E-state index >= 15 is 0 Å². The van der Waals surface area contributed by atoms with Gasteiger partial charge in [0.25, 0.3) is 0 Å². The number of thiophene rings is 1. The lowest BCUT2D eigenvalue weighted by atomic mass is 9.93. The van der Waals surface area contributed by atoms with Gasteiger partial charge in [-0.3, -0.25) is 0 Å². The van der Waals surface area contributed by atoms with Crippen LogP contribution in [-0.4, -0.2) is 4.57 Å². The number of nitrogens with zero attached hydrogens (tertiary/aromatic N) is 1. The molecule has 6 aromatic rings. The number of aromatic nitrogens is 1.